The molecule has 1 aliphatic heterocycles. The molecule has 0 radical (unpaired) electrons. The second-order valence-corrected chi connectivity index (χ2v) is 14.4. The Bertz CT molecular complexity index is 1890. The molecule has 0 spiro atoms. The molecule has 0 amide bonds. The van der Waals surface area contributed by atoms with Gasteiger partial charge in [0.05, 0.1) is 12.1 Å². The molecular formula is C47H57N3O3S. The molecule has 1 fully saturated rings. The predicted molar refractivity (Wildman–Crippen MR) is 230 cm³/mol. The van der Waals surface area contributed by atoms with Gasteiger partial charge in [-0.25, -0.2) is 4.98 Å². The van der Waals surface area contributed by atoms with Crippen LogP contribution in [0, 0.1) is 0 Å². The molecule has 0 saturated carbocycles. The quantitative estimate of drug-likeness (QED) is 0.0454. The molecule has 4 aromatic rings. The molecule has 7 heteroatoms. The van der Waals surface area contributed by atoms with E-state index in [-0.39, 0.29) is 5.97 Å². The summed E-state index contributed by atoms with van der Waals surface area (Å²) < 4.78 is 13.0. The third kappa shape index (κ3) is 14.3. The summed E-state index contributed by atoms with van der Waals surface area (Å²) in [5.74, 6) is 0.821. The average molecular weight is 744 g/mol. The summed E-state index contributed by atoms with van der Waals surface area (Å²) in [7, 11) is 0. The molecule has 0 unspecified atom stereocenters. The van der Waals surface area contributed by atoms with Gasteiger partial charge >= 0.3 is 5.97 Å². The topological polar surface area (TPSA) is 54.9 Å². The van der Waals surface area contributed by atoms with Crippen LogP contribution in [-0.2, 0) is 4.79 Å². The Morgan fingerprint density at radius 1 is 0.759 bits per heavy atom. The van der Waals surface area contributed by atoms with E-state index in [0.717, 1.165) is 101 Å². The lowest BCUT2D eigenvalue weighted by Gasteiger charge is -2.36. The first-order valence-corrected chi connectivity index (χ1v) is 20.7. The molecule has 2 aromatic carbocycles. The van der Waals surface area contributed by atoms with E-state index in [9.17, 15) is 4.79 Å². The van der Waals surface area contributed by atoms with E-state index < -0.39 is 0 Å². The van der Waals surface area contributed by atoms with E-state index >= 15 is 0 Å². The largest absolute Gasteiger partial charge is 0.494 e. The van der Waals surface area contributed by atoms with Gasteiger partial charge in [0, 0.05) is 65.9 Å². The first-order valence-electron chi connectivity index (χ1n) is 19.8. The van der Waals surface area contributed by atoms with Crippen LogP contribution in [0.4, 0.5) is 5.69 Å². The van der Waals surface area contributed by atoms with Gasteiger partial charge in [0.25, 0.3) is 0 Å². The van der Waals surface area contributed by atoms with Crippen molar-refractivity contribution in [2.24, 2.45) is 0 Å². The predicted octanol–water partition coefficient (Wildman–Crippen LogP) is 11.8. The van der Waals surface area contributed by atoms with E-state index in [1.54, 1.807) is 6.07 Å². The molecule has 1 aliphatic rings. The van der Waals surface area contributed by atoms with Crippen LogP contribution in [-0.4, -0.2) is 55.2 Å². The number of piperazine rings is 1. The van der Waals surface area contributed by atoms with Crippen molar-refractivity contribution in [3.8, 4) is 11.6 Å². The SMILES string of the molecule is CC/C=C\C/C=C\C/C=C\C/C=C\C/C=C\C/C=C\CCC(=O)Oc1ccc2ccc(OCCCCN3CCN(c4cccc5sccc45)CC3)cc2n1. The number of benzene rings is 2. The number of rotatable bonds is 22. The van der Waals surface area contributed by atoms with Crippen LogP contribution in [0.2, 0.25) is 0 Å². The van der Waals surface area contributed by atoms with Crippen molar-refractivity contribution in [2.45, 2.75) is 71.1 Å². The normalized spacial score (nSPS) is 14.5. The van der Waals surface area contributed by atoms with Crippen LogP contribution in [0.15, 0.2) is 133 Å². The number of carbonyl (C=O) groups is 1. The highest BCUT2D eigenvalue weighted by atomic mass is 32.1. The van der Waals surface area contributed by atoms with Gasteiger partial charge < -0.3 is 14.4 Å². The summed E-state index contributed by atoms with van der Waals surface area (Å²) in [6.07, 6.45) is 35.0. The number of carbonyl (C=O) groups excluding carboxylic acids is 1. The van der Waals surface area contributed by atoms with Crippen LogP contribution < -0.4 is 14.4 Å². The fourth-order valence-corrected chi connectivity index (χ4v) is 7.13. The van der Waals surface area contributed by atoms with Gasteiger partial charge in [-0.1, -0.05) is 85.9 Å². The van der Waals surface area contributed by atoms with Crippen LogP contribution in [0.3, 0.4) is 0 Å². The standard InChI is InChI=1S/C47H57N3O3S/c1-2-3-4-5-6-7-8-9-10-11-12-13-14-15-16-17-18-19-20-26-47(51)53-46-30-28-40-27-29-41(39-43(40)48-46)52-37-22-21-32-49-33-35-50(36-34-49)44-24-23-25-45-42(44)31-38-54-45/h3-4,6-7,9-10,12-13,15-16,18-19,23-25,27-31,38-39H,2,5,8,11,14,17,20-22,26,32-37H2,1H3/b4-3-,7-6-,10-9-,13-12-,16-15-,19-18-. The third-order valence-electron chi connectivity index (χ3n) is 9.29. The van der Waals surface area contributed by atoms with Gasteiger partial charge in [-0.2, -0.15) is 0 Å². The minimum absolute atomic E-state index is 0.282. The van der Waals surface area contributed by atoms with E-state index in [2.05, 4.69) is 118 Å². The van der Waals surface area contributed by atoms with Crippen LogP contribution in [0.25, 0.3) is 21.0 Å². The maximum atomic E-state index is 12.5. The van der Waals surface area contributed by atoms with Gasteiger partial charge in [-0.3, -0.25) is 9.69 Å². The molecule has 1 saturated heterocycles. The first-order chi connectivity index (χ1) is 26.7. The Hall–Kier alpha value is -4.72. The number of fused-ring (bicyclic) bond motifs is 2. The summed E-state index contributed by atoms with van der Waals surface area (Å²) in [5, 5.41) is 4.54. The van der Waals surface area contributed by atoms with E-state index in [1.165, 1.54) is 15.8 Å². The molecule has 3 heterocycles. The van der Waals surface area contributed by atoms with Crippen LogP contribution >= 0.6 is 11.3 Å². The van der Waals surface area contributed by atoms with E-state index in [1.807, 2.05) is 41.7 Å². The lowest BCUT2D eigenvalue weighted by Crippen LogP contribution is -2.46. The van der Waals surface area contributed by atoms with Crippen molar-refractivity contribution < 1.29 is 14.3 Å². The summed E-state index contributed by atoms with van der Waals surface area (Å²) in [6.45, 7) is 8.22. The van der Waals surface area contributed by atoms with Crippen molar-refractivity contribution in [1.82, 2.24) is 9.88 Å². The van der Waals surface area contributed by atoms with Gasteiger partial charge in [-0.15, -0.1) is 11.3 Å². The fraction of sp³-hybridized carbons (Fsp3) is 0.362. The average Bonchev–Trinajstić information content (AvgIpc) is 3.68. The number of ether oxygens (including phenoxy) is 2. The Morgan fingerprint density at radius 2 is 1.43 bits per heavy atom. The van der Waals surface area contributed by atoms with E-state index in [0.29, 0.717) is 25.3 Å². The maximum Gasteiger partial charge on any atom is 0.312 e. The molecule has 0 aliphatic carbocycles. The van der Waals surface area contributed by atoms with E-state index in [4.69, 9.17) is 9.47 Å². The molecule has 0 bridgehead atoms. The highest BCUT2D eigenvalue weighted by Gasteiger charge is 2.18. The Kier molecular flexibility index (Phi) is 17.9. The lowest BCUT2D eigenvalue weighted by atomic mass is 10.2. The number of aromatic nitrogens is 1. The second-order valence-electron chi connectivity index (χ2n) is 13.4. The molecule has 284 valence electrons. The number of hydrogen-bond acceptors (Lipinski definition) is 7. The number of nitrogens with zero attached hydrogens (tertiary/aromatic N) is 3. The van der Waals surface area contributed by atoms with Gasteiger partial charge in [-0.05, 0) is 106 Å². The first kappa shape index (κ1) is 40.5. The third-order valence-corrected chi connectivity index (χ3v) is 10.2. The zero-order valence-electron chi connectivity index (χ0n) is 32.0. The van der Waals surface area contributed by atoms with Crippen LogP contribution in [0.1, 0.15) is 71.1 Å². The molecular weight excluding hydrogens is 687 g/mol. The Balaban J connectivity index is 0.907. The van der Waals surface area contributed by atoms with Crippen LogP contribution in [0.5, 0.6) is 11.6 Å². The van der Waals surface area contributed by atoms with Gasteiger partial charge in [0.2, 0.25) is 5.88 Å². The monoisotopic (exact) mass is 743 g/mol. The maximum absolute atomic E-state index is 12.5. The Labute approximate surface area is 326 Å². The number of pyridine rings is 1. The summed E-state index contributed by atoms with van der Waals surface area (Å²) in [6, 6.07) is 18.5. The summed E-state index contributed by atoms with van der Waals surface area (Å²) in [5.41, 5.74) is 2.12. The second kappa shape index (κ2) is 23.8. The molecule has 0 atom stereocenters. The van der Waals surface area contributed by atoms with Crippen molar-refractivity contribution in [3.05, 3.63) is 133 Å². The number of allylic oxidation sites excluding steroid dienone is 12. The number of unbranched alkanes of at least 4 members (excludes halogenated alkanes) is 1. The number of hydrogen-bond donors (Lipinski definition) is 0. The molecule has 5 rings (SSSR count). The zero-order chi connectivity index (χ0) is 37.5. The van der Waals surface area contributed by atoms with Crippen molar-refractivity contribution in [2.75, 3.05) is 44.2 Å². The molecule has 2 aromatic heterocycles. The molecule has 54 heavy (non-hydrogen) atoms. The minimum atomic E-state index is -0.282. The van der Waals surface area contributed by atoms with Gasteiger partial charge in [0.1, 0.15) is 5.75 Å². The summed E-state index contributed by atoms with van der Waals surface area (Å²) in [4.78, 5) is 22.2. The smallest absolute Gasteiger partial charge is 0.312 e. The molecule has 6 nitrogen and oxygen atoms in total. The lowest BCUT2D eigenvalue weighted by molar-refractivity contribution is -0.134. The van der Waals surface area contributed by atoms with Crippen molar-refractivity contribution in [3.63, 3.8) is 0 Å². The summed E-state index contributed by atoms with van der Waals surface area (Å²) >= 11 is 1.81. The highest BCUT2D eigenvalue weighted by Crippen LogP contribution is 2.31. The number of esters is 1. The highest BCUT2D eigenvalue weighted by molar-refractivity contribution is 7.17. The minimum Gasteiger partial charge on any atom is -0.494 e. The van der Waals surface area contributed by atoms with Crippen molar-refractivity contribution >= 4 is 44.0 Å². The number of thiophene rings is 1. The fourth-order valence-electron chi connectivity index (χ4n) is 6.33. The van der Waals surface area contributed by atoms with Gasteiger partial charge in [0.15, 0.2) is 0 Å². The Morgan fingerprint density at radius 3 is 2.13 bits per heavy atom. The van der Waals surface area contributed by atoms with Crippen molar-refractivity contribution in [1.29, 1.82) is 0 Å². The number of anilines is 1. The zero-order valence-corrected chi connectivity index (χ0v) is 32.8. The molecule has 0 N–H and O–H groups in total.